The predicted octanol–water partition coefficient (Wildman–Crippen LogP) is 4.52. The Morgan fingerprint density at radius 3 is 2.70 bits per heavy atom. The van der Waals surface area contributed by atoms with Crippen LogP contribution in [0.4, 0.5) is 0 Å². The molecule has 4 aliphatic rings. The molecule has 40 heavy (non-hydrogen) atoms. The maximum absolute atomic E-state index is 13.3. The van der Waals surface area contributed by atoms with Gasteiger partial charge in [0.05, 0.1) is 18.0 Å². The molecule has 1 saturated heterocycles. The number of aliphatic imine (C=N–C) groups is 2. The Hall–Kier alpha value is -3.59. The number of rotatable bonds is 7. The Balaban J connectivity index is 1.18. The summed E-state index contributed by atoms with van der Waals surface area (Å²) in [6.45, 7) is 2.14. The van der Waals surface area contributed by atoms with Crippen molar-refractivity contribution in [2.75, 3.05) is 19.7 Å². The van der Waals surface area contributed by atoms with Gasteiger partial charge in [-0.3, -0.25) is 9.79 Å². The Morgan fingerprint density at radius 1 is 1.07 bits per heavy atom. The summed E-state index contributed by atoms with van der Waals surface area (Å²) in [5.74, 6) is 9.24. The van der Waals surface area contributed by atoms with E-state index in [1.54, 1.807) is 6.20 Å². The van der Waals surface area contributed by atoms with Gasteiger partial charge in [-0.1, -0.05) is 36.4 Å². The van der Waals surface area contributed by atoms with Crippen molar-refractivity contribution in [3.63, 3.8) is 0 Å². The number of hydrogen-bond donors (Lipinski definition) is 2. The van der Waals surface area contributed by atoms with Crippen LogP contribution in [0, 0.1) is 17.8 Å². The third-order valence-corrected chi connectivity index (χ3v) is 8.72. The molecule has 0 radical (unpaired) electrons. The van der Waals surface area contributed by atoms with Gasteiger partial charge in [-0.2, -0.15) is 10.8 Å². The summed E-state index contributed by atoms with van der Waals surface area (Å²) in [6, 6.07) is 18.1. The number of likely N-dealkylation sites (tertiary alicyclic amines) is 1. The number of nitrogens with two attached hydrogens (primary N) is 1. The van der Waals surface area contributed by atoms with Crippen molar-refractivity contribution in [2.45, 2.75) is 45.1 Å². The minimum Gasteiger partial charge on any atom is -0.489 e. The van der Waals surface area contributed by atoms with Gasteiger partial charge in [0.25, 0.3) is 5.84 Å². The molecule has 2 aromatic rings. The van der Waals surface area contributed by atoms with Gasteiger partial charge in [-0.05, 0) is 68.2 Å². The molecule has 2 unspecified atom stereocenters. The highest BCUT2D eigenvalue weighted by Crippen LogP contribution is 2.42. The summed E-state index contributed by atoms with van der Waals surface area (Å²) in [6.07, 6.45) is 10.9. The van der Waals surface area contributed by atoms with E-state index < -0.39 is 0 Å². The lowest BCUT2D eigenvalue weighted by atomic mass is 9.79. The van der Waals surface area contributed by atoms with Crippen LogP contribution in [-0.4, -0.2) is 52.3 Å². The van der Waals surface area contributed by atoms with Gasteiger partial charge in [-0.25, -0.2) is 0 Å². The molecule has 2 aromatic carbocycles. The number of amidine groups is 1. The molecule has 208 valence electrons. The highest BCUT2D eigenvalue weighted by Gasteiger charge is 2.46. The second kappa shape index (κ2) is 11.5. The SMILES string of the molecule is N[N+]12C=CN=CC1=C(C1CCC(C(=O)N3CCCC(CO)C3)CC1)N=C2c1cccc(OCc2ccccc2)c1. The van der Waals surface area contributed by atoms with Crippen LogP contribution in [0.5, 0.6) is 5.75 Å². The van der Waals surface area contributed by atoms with Crippen molar-refractivity contribution in [1.82, 2.24) is 4.90 Å². The molecule has 6 rings (SSSR count). The molecule has 1 saturated carbocycles. The van der Waals surface area contributed by atoms with Crippen LogP contribution in [0.2, 0.25) is 0 Å². The minimum atomic E-state index is -0.0177. The van der Waals surface area contributed by atoms with Gasteiger partial charge >= 0.3 is 0 Å². The standard InChI is InChI=1S/C32H38N5O3/c33-37-17-15-34-19-29(37)30(25-11-13-26(14-12-25)32(39)36-16-5-8-24(20-36)21-38)35-31(37)27-9-4-10-28(18-27)40-22-23-6-2-1-3-7-23/h1-4,6-7,9-10,15,17-19,24-26,38H,5,8,11-14,16,20-22,33H2/q+1. The molecule has 0 spiro atoms. The molecule has 2 fully saturated rings. The fourth-order valence-corrected chi connectivity index (χ4v) is 6.46. The van der Waals surface area contributed by atoms with Crippen LogP contribution in [-0.2, 0) is 11.4 Å². The highest BCUT2D eigenvalue weighted by atomic mass is 16.5. The first-order valence-electron chi connectivity index (χ1n) is 14.4. The topological polar surface area (TPSA) is 101 Å². The van der Waals surface area contributed by atoms with E-state index in [0.29, 0.717) is 13.2 Å². The maximum Gasteiger partial charge on any atom is 0.265 e. The zero-order chi connectivity index (χ0) is 27.5. The fourth-order valence-electron chi connectivity index (χ4n) is 6.46. The van der Waals surface area contributed by atoms with Crippen LogP contribution < -0.4 is 10.6 Å². The second-order valence-corrected chi connectivity index (χ2v) is 11.4. The van der Waals surface area contributed by atoms with E-state index in [9.17, 15) is 9.90 Å². The lowest BCUT2D eigenvalue weighted by Gasteiger charge is -2.36. The lowest BCUT2D eigenvalue weighted by Crippen LogP contribution is -2.53. The minimum absolute atomic E-state index is 0.0177. The van der Waals surface area contributed by atoms with E-state index in [1.807, 2.05) is 71.9 Å². The first kappa shape index (κ1) is 26.6. The zero-order valence-electron chi connectivity index (χ0n) is 22.9. The molecular weight excluding hydrogens is 502 g/mol. The summed E-state index contributed by atoms with van der Waals surface area (Å²) >= 11 is 0. The van der Waals surface area contributed by atoms with E-state index in [0.717, 1.165) is 79.2 Å². The third-order valence-electron chi connectivity index (χ3n) is 8.72. The molecule has 0 aromatic heterocycles. The number of aliphatic hydroxyl groups excluding tert-OH is 1. The van der Waals surface area contributed by atoms with Crippen LogP contribution in [0.15, 0.2) is 88.4 Å². The number of benzene rings is 2. The van der Waals surface area contributed by atoms with Crippen molar-refractivity contribution >= 4 is 18.0 Å². The van der Waals surface area contributed by atoms with E-state index in [1.165, 1.54) is 0 Å². The van der Waals surface area contributed by atoms with Crippen molar-refractivity contribution in [3.05, 3.63) is 89.5 Å². The zero-order valence-corrected chi connectivity index (χ0v) is 22.9. The molecule has 8 nitrogen and oxygen atoms in total. The van der Waals surface area contributed by atoms with Gasteiger partial charge in [0.2, 0.25) is 11.6 Å². The van der Waals surface area contributed by atoms with Gasteiger partial charge in [-0.15, -0.1) is 4.59 Å². The number of quaternary nitrogens is 1. The highest BCUT2D eigenvalue weighted by molar-refractivity contribution is 6.00. The van der Waals surface area contributed by atoms with Crippen LogP contribution in [0.25, 0.3) is 0 Å². The monoisotopic (exact) mass is 540 g/mol. The Labute approximate surface area is 235 Å². The van der Waals surface area contributed by atoms with E-state index in [4.69, 9.17) is 15.6 Å². The van der Waals surface area contributed by atoms with E-state index in [-0.39, 0.29) is 34.9 Å². The van der Waals surface area contributed by atoms with Crippen molar-refractivity contribution < 1.29 is 19.2 Å². The summed E-state index contributed by atoms with van der Waals surface area (Å²) in [5.41, 5.74) is 3.89. The summed E-state index contributed by atoms with van der Waals surface area (Å²) in [4.78, 5) is 24.8. The number of nitrogens with zero attached hydrogens (tertiary/aromatic N) is 4. The Bertz CT molecular complexity index is 1360. The normalized spacial score (nSPS) is 27.9. The first-order chi connectivity index (χ1) is 19.5. The fraction of sp³-hybridized carbons (Fsp3) is 0.406. The number of carbonyl (C=O) groups excluding carboxylic acids is 1. The van der Waals surface area contributed by atoms with E-state index >= 15 is 0 Å². The first-order valence-corrected chi connectivity index (χ1v) is 14.4. The molecule has 0 bridgehead atoms. The number of carbonyl (C=O) groups is 1. The number of aliphatic hydroxyl groups is 1. The predicted molar refractivity (Wildman–Crippen MR) is 155 cm³/mol. The number of hydrogen-bond acceptors (Lipinski definition) is 6. The molecule has 8 heteroatoms. The second-order valence-electron chi connectivity index (χ2n) is 11.4. The lowest BCUT2D eigenvalue weighted by molar-refractivity contribution is -0.750. The maximum atomic E-state index is 13.3. The van der Waals surface area contributed by atoms with Crippen molar-refractivity contribution in [1.29, 1.82) is 0 Å². The van der Waals surface area contributed by atoms with Crippen LogP contribution >= 0.6 is 0 Å². The van der Waals surface area contributed by atoms with Gasteiger partial charge in [0.15, 0.2) is 0 Å². The summed E-state index contributed by atoms with van der Waals surface area (Å²) < 4.78 is 6.07. The van der Waals surface area contributed by atoms with Crippen molar-refractivity contribution in [2.24, 2.45) is 33.6 Å². The summed E-state index contributed by atoms with van der Waals surface area (Å²) in [5, 5.41) is 9.58. The largest absolute Gasteiger partial charge is 0.489 e. The average Bonchev–Trinajstić information content (AvgIpc) is 3.33. The molecule has 3 N–H and O–H groups in total. The molecule has 3 heterocycles. The average molecular weight is 541 g/mol. The van der Waals surface area contributed by atoms with Crippen LogP contribution in [0.3, 0.4) is 0 Å². The summed E-state index contributed by atoms with van der Waals surface area (Å²) in [7, 11) is 0. The van der Waals surface area contributed by atoms with Crippen molar-refractivity contribution in [3.8, 4) is 5.75 Å². The molecule has 1 aliphatic carbocycles. The molecular formula is C32H38N5O3+. The Morgan fingerprint density at radius 2 is 1.90 bits per heavy atom. The smallest absolute Gasteiger partial charge is 0.265 e. The number of amides is 1. The van der Waals surface area contributed by atoms with Gasteiger partial charge in [0, 0.05) is 31.5 Å². The van der Waals surface area contributed by atoms with Gasteiger partial charge < -0.3 is 14.7 Å². The number of piperidine rings is 1. The molecule has 2 atom stereocenters. The van der Waals surface area contributed by atoms with E-state index in [2.05, 4.69) is 4.99 Å². The van der Waals surface area contributed by atoms with Gasteiger partial charge in [0.1, 0.15) is 24.3 Å². The quantitative estimate of drug-likeness (QED) is 0.398. The van der Waals surface area contributed by atoms with Crippen LogP contribution in [0.1, 0.15) is 49.7 Å². The molecule has 3 aliphatic heterocycles. The number of fused-ring (bicyclic) bond motifs is 1. The third kappa shape index (κ3) is 5.27. The number of ether oxygens (including phenoxy) is 1. The number of allylic oxidation sites excluding steroid dienone is 2. The Kier molecular flexibility index (Phi) is 7.65. The molecule has 1 amide bonds.